The van der Waals surface area contributed by atoms with Gasteiger partial charge < -0.3 is 25.1 Å². The summed E-state index contributed by atoms with van der Waals surface area (Å²) in [6.07, 6.45) is 0. The molecule has 0 spiro atoms. The quantitative estimate of drug-likeness (QED) is 0.240. The molecule has 0 radical (unpaired) electrons. The van der Waals surface area contributed by atoms with Gasteiger partial charge in [0.2, 0.25) is 5.91 Å². The number of hydrogen-bond donors (Lipinski definition) is 4. The van der Waals surface area contributed by atoms with Gasteiger partial charge >= 0.3 is 5.97 Å². The summed E-state index contributed by atoms with van der Waals surface area (Å²) in [4.78, 5) is 36.2. The Balaban J connectivity index is 1.87. The lowest BCUT2D eigenvalue weighted by molar-refractivity contribution is -0.113. The second kappa shape index (κ2) is 9.35. The third-order valence-electron chi connectivity index (χ3n) is 4.95. The molecule has 0 atom stereocenters. The van der Waals surface area contributed by atoms with Crippen molar-refractivity contribution in [3.63, 3.8) is 0 Å². The first kappa shape index (κ1) is 22.4. The molecule has 33 heavy (non-hydrogen) atoms. The van der Waals surface area contributed by atoms with Gasteiger partial charge in [-0.25, -0.2) is 4.79 Å². The molecule has 1 amide bonds. The summed E-state index contributed by atoms with van der Waals surface area (Å²) >= 11 is 1.26. The van der Waals surface area contributed by atoms with Gasteiger partial charge in [-0.2, -0.15) is 0 Å². The predicted molar refractivity (Wildman–Crippen MR) is 126 cm³/mol. The maximum atomic E-state index is 12.2. The number of aliphatic hydroxyl groups is 1. The SMILES string of the molecule is O=C(CSCCO)Nc1ccc(-c2c3ccc(=O)cc-3oc3cc(O)ccc23)c(C(=O)O)c1. The predicted octanol–water partition coefficient (Wildman–Crippen LogP) is 3.63. The van der Waals surface area contributed by atoms with Crippen molar-refractivity contribution in [3.8, 4) is 28.2 Å². The molecule has 1 heterocycles. The number of thioether (sulfide) groups is 1. The largest absolute Gasteiger partial charge is 0.508 e. The van der Waals surface area contributed by atoms with Crippen molar-refractivity contribution in [1.29, 1.82) is 0 Å². The van der Waals surface area contributed by atoms with Gasteiger partial charge in [-0.1, -0.05) is 6.07 Å². The highest BCUT2D eigenvalue weighted by atomic mass is 32.2. The number of aromatic carboxylic acids is 1. The zero-order chi connectivity index (χ0) is 23.5. The van der Waals surface area contributed by atoms with Crippen LogP contribution >= 0.6 is 11.8 Å². The number of anilines is 1. The van der Waals surface area contributed by atoms with Gasteiger partial charge in [0.25, 0.3) is 0 Å². The number of phenolic OH excluding ortho intramolecular Hbond substituents is 1. The molecule has 0 unspecified atom stereocenters. The minimum absolute atomic E-state index is 0.0350. The van der Waals surface area contributed by atoms with E-state index in [0.717, 1.165) is 0 Å². The average molecular weight is 465 g/mol. The number of fused-ring (bicyclic) bond motifs is 2. The molecule has 1 aliphatic carbocycles. The van der Waals surface area contributed by atoms with E-state index >= 15 is 0 Å². The molecule has 0 saturated heterocycles. The lowest BCUT2D eigenvalue weighted by atomic mass is 9.90. The number of rotatable bonds is 7. The summed E-state index contributed by atoms with van der Waals surface area (Å²) in [6, 6.07) is 13.3. The monoisotopic (exact) mass is 465 g/mol. The summed E-state index contributed by atoms with van der Waals surface area (Å²) < 4.78 is 5.81. The fraction of sp³-hybridized carbons (Fsp3) is 0.125. The molecule has 2 aliphatic rings. The molecule has 2 aromatic carbocycles. The van der Waals surface area contributed by atoms with E-state index in [-0.39, 0.29) is 46.4 Å². The normalized spacial score (nSPS) is 11.1. The molecule has 9 heteroatoms. The van der Waals surface area contributed by atoms with Crippen LogP contribution in [0.25, 0.3) is 33.4 Å². The van der Waals surface area contributed by atoms with Crippen LogP contribution in [0.15, 0.2) is 63.8 Å². The van der Waals surface area contributed by atoms with Crippen LogP contribution in [0.4, 0.5) is 5.69 Å². The Hall–Kier alpha value is -3.82. The second-order valence-corrected chi connectivity index (χ2v) is 8.31. The number of carboxylic acids is 1. The maximum absolute atomic E-state index is 12.2. The number of phenols is 1. The zero-order valence-corrected chi connectivity index (χ0v) is 18.0. The van der Waals surface area contributed by atoms with Gasteiger partial charge in [-0.15, -0.1) is 11.8 Å². The highest BCUT2D eigenvalue weighted by Crippen LogP contribution is 2.42. The van der Waals surface area contributed by atoms with E-state index < -0.39 is 5.97 Å². The third kappa shape index (κ3) is 4.69. The van der Waals surface area contributed by atoms with Crippen LogP contribution in [0, 0.1) is 0 Å². The molecule has 168 valence electrons. The van der Waals surface area contributed by atoms with Crippen molar-refractivity contribution >= 4 is 40.3 Å². The Bertz CT molecular complexity index is 1400. The van der Waals surface area contributed by atoms with Crippen LogP contribution in [-0.2, 0) is 4.79 Å². The number of carbonyl (C=O) groups is 2. The van der Waals surface area contributed by atoms with E-state index in [9.17, 15) is 24.6 Å². The summed E-state index contributed by atoms with van der Waals surface area (Å²) in [5, 5.41) is 31.9. The van der Waals surface area contributed by atoms with Gasteiger partial charge in [0, 0.05) is 40.1 Å². The van der Waals surface area contributed by atoms with Crippen LogP contribution in [0.2, 0.25) is 0 Å². The fourth-order valence-corrected chi connectivity index (χ4v) is 4.12. The second-order valence-electron chi connectivity index (χ2n) is 7.21. The summed E-state index contributed by atoms with van der Waals surface area (Å²) in [7, 11) is 0. The topological polar surface area (TPSA) is 137 Å². The third-order valence-corrected chi connectivity index (χ3v) is 5.89. The molecule has 0 saturated carbocycles. The molecule has 0 bridgehead atoms. The van der Waals surface area contributed by atoms with Gasteiger partial charge in [-0.3, -0.25) is 9.59 Å². The van der Waals surface area contributed by atoms with Crippen molar-refractivity contribution < 1.29 is 29.3 Å². The van der Waals surface area contributed by atoms with Crippen molar-refractivity contribution in [2.45, 2.75) is 0 Å². The number of nitrogens with one attached hydrogen (secondary N) is 1. The number of carboxylic acid groups (broad SMARTS) is 1. The van der Waals surface area contributed by atoms with Crippen LogP contribution < -0.4 is 10.7 Å². The number of aliphatic hydroxyl groups excluding tert-OH is 1. The van der Waals surface area contributed by atoms with Crippen molar-refractivity contribution in [2.75, 3.05) is 23.4 Å². The number of amides is 1. The lowest BCUT2D eigenvalue weighted by Crippen LogP contribution is -2.15. The first-order chi connectivity index (χ1) is 15.9. The minimum atomic E-state index is -1.20. The maximum Gasteiger partial charge on any atom is 0.336 e. The Kier molecular flexibility index (Phi) is 6.34. The molecular formula is C24H19NO7S. The Morgan fingerprint density at radius 1 is 1.00 bits per heavy atom. The van der Waals surface area contributed by atoms with E-state index in [4.69, 9.17) is 9.52 Å². The Morgan fingerprint density at radius 2 is 1.79 bits per heavy atom. The van der Waals surface area contributed by atoms with Crippen LogP contribution in [0.1, 0.15) is 10.4 Å². The van der Waals surface area contributed by atoms with Gasteiger partial charge in [0.15, 0.2) is 5.43 Å². The molecule has 2 aromatic rings. The first-order valence-corrected chi connectivity index (χ1v) is 11.1. The molecule has 0 fully saturated rings. The van der Waals surface area contributed by atoms with Crippen molar-refractivity contribution in [2.24, 2.45) is 0 Å². The number of hydrogen-bond acceptors (Lipinski definition) is 7. The van der Waals surface area contributed by atoms with E-state index in [1.807, 2.05) is 0 Å². The highest BCUT2D eigenvalue weighted by Gasteiger charge is 2.22. The van der Waals surface area contributed by atoms with Crippen LogP contribution in [0.5, 0.6) is 5.75 Å². The molecule has 8 nitrogen and oxygen atoms in total. The summed E-state index contributed by atoms with van der Waals surface area (Å²) in [5.41, 5.74) is 1.71. The van der Waals surface area contributed by atoms with Gasteiger partial charge in [0.05, 0.1) is 17.9 Å². The summed E-state index contributed by atoms with van der Waals surface area (Å²) in [6.45, 7) is -0.0350. The summed E-state index contributed by atoms with van der Waals surface area (Å²) in [5.74, 6) is -0.744. The van der Waals surface area contributed by atoms with Crippen molar-refractivity contribution in [3.05, 3.63) is 70.4 Å². The number of benzene rings is 3. The van der Waals surface area contributed by atoms with Crippen LogP contribution in [-0.4, -0.2) is 45.3 Å². The molecule has 4 rings (SSSR count). The van der Waals surface area contributed by atoms with E-state index in [1.165, 1.54) is 42.1 Å². The number of aromatic hydroxyl groups is 1. The molecule has 0 aromatic heterocycles. The van der Waals surface area contributed by atoms with Crippen molar-refractivity contribution in [1.82, 2.24) is 0 Å². The van der Waals surface area contributed by atoms with E-state index in [1.54, 1.807) is 24.3 Å². The Morgan fingerprint density at radius 3 is 2.55 bits per heavy atom. The lowest BCUT2D eigenvalue weighted by Gasteiger charge is -2.17. The fourth-order valence-electron chi connectivity index (χ4n) is 3.59. The smallest absolute Gasteiger partial charge is 0.336 e. The van der Waals surface area contributed by atoms with E-state index in [0.29, 0.717) is 33.5 Å². The first-order valence-electron chi connectivity index (χ1n) is 9.93. The molecule has 4 N–H and O–H groups in total. The van der Waals surface area contributed by atoms with Gasteiger partial charge in [0.1, 0.15) is 17.1 Å². The number of carbonyl (C=O) groups excluding carboxylic acids is 1. The van der Waals surface area contributed by atoms with E-state index in [2.05, 4.69) is 5.32 Å². The molecule has 1 aliphatic heterocycles. The molecular weight excluding hydrogens is 446 g/mol. The van der Waals surface area contributed by atoms with Gasteiger partial charge in [-0.05, 0) is 42.0 Å². The highest BCUT2D eigenvalue weighted by molar-refractivity contribution is 7.99. The minimum Gasteiger partial charge on any atom is -0.508 e. The van der Waals surface area contributed by atoms with Crippen LogP contribution in [0.3, 0.4) is 0 Å². The Labute approximate surface area is 191 Å². The average Bonchev–Trinajstić information content (AvgIpc) is 2.77. The zero-order valence-electron chi connectivity index (χ0n) is 17.2. The standard InChI is InChI=1S/C24H19NO7S/c26-7-8-33-12-22(29)25-13-1-4-16(19(9-13)24(30)31)23-17-5-2-14(27)10-20(17)32-21-11-15(28)3-6-18(21)23/h1-6,9-11,26-27H,7-8,12H2,(H,25,29)(H,30,31).